The predicted molar refractivity (Wildman–Crippen MR) is 97.2 cm³/mol. The number of non-ortho nitro benzene ring substituents is 1. The van der Waals surface area contributed by atoms with Crippen molar-refractivity contribution in [3.63, 3.8) is 0 Å². The van der Waals surface area contributed by atoms with Crippen molar-refractivity contribution in [2.75, 3.05) is 5.73 Å². The van der Waals surface area contributed by atoms with Gasteiger partial charge in [-0.2, -0.15) is 0 Å². The molecule has 2 N–H and O–H groups in total. The SMILES string of the molecule is CCCn1c(N)c(Sc2ccc([N+](=O)[O-])cc2)c(=O)n(CCC)c1=O. The number of rotatable bonds is 7. The van der Waals surface area contributed by atoms with E-state index in [0.29, 0.717) is 30.8 Å². The Bertz CT molecular complexity index is 887. The van der Waals surface area contributed by atoms with Crippen molar-refractivity contribution in [3.8, 4) is 0 Å². The summed E-state index contributed by atoms with van der Waals surface area (Å²) in [6.45, 7) is 4.54. The lowest BCUT2D eigenvalue weighted by molar-refractivity contribution is -0.384. The molecule has 0 aliphatic heterocycles. The van der Waals surface area contributed by atoms with Crippen LogP contribution in [0.2, 0.25) is 0 Å². The summed E-state index contributed by atoms with van der Waals surface area (Å²) in [6.07, 6.45) is 1.35. The molecule has 0 atom stereocenters. The summed E-state index contributed by atoms with van der Waals surface area (Å²) in [5, 5.41) is 10.7. The van der Waals surface area contributed by atoms with E-state index in [0.717, 1.165) is 11.8 Å². The molecule has 0 saturated carbocycles. The fourth-order valence-corrected chi connectivity index (χ4v) is 3.32. The van der Waals surface area contributed by atoms with Gasteiger partial charge in [0.1, 0.15) is 10.7 Å². The number of nitrogens with two attached hydrogens (primary N) is 1. The van der Waals surface area contributed by atoms with Crippen LogP contribution in [0.5, 0.6) is 0 Å². The minimum atomic E-state index is -0.488. The third-order valence-electron chi connectivity index (χ3n) is 3.59. The molecule has 9 heteroatoms. The van der Waals surface area contributed by atoms with Crippen molar-refractivity contribution >= 4 is 23.3 Å². The molecule has 0 aliphatic carbocycles. The van der Waals surface area contributed by atoms with Gasteiger partial charge in [0.2, 0.25) is 0 Å². The summed E-state index contributed by atoms with van der Waals surface area (Å²) in [6, 6.07) is 5.85. The number of nitrogens with zero attached hydrogens (tertiary/aromatic N) is 3. The number of nitrogen functional groups attached to an aromatic ring is 1. The van der Waals surface area contributed by atoms with Gasteiger partial charge in [0.05, 0.1) is 4.92 Å². The fraction of sp³-hybridized carbons (Fsp3) is 0.375. The van der Waals surface area contributed by atoms with Gasteiger partial charge in [-0.05, 0) is 25.0 Å². The summed E-state index contributed by atoms with van der Waals surface area (Å²) in [4.78, 5) is 36.3. The number of nitro groups is 1. The molecule has 1 aromatic carbocycles. The zero-order valence-corrected chi connectivity index (χ0v) is 14.9. The highest BCUT2D eigenvalue weighted by atomic mass is 32.2. The first-order chi connectivity index (χ1) is 11.9. The molecular weight excluding hydrogens is 344 g/mol. The van der Waals surface area contributed by atoms with E-state index in [1.807, 2.05) is 13.8 Å². The van der Waals surface area contributed by atoms with Gasteiger partial charge in [-0.3, -0.25) is 24.0 Å². The van der Waals surface area contributed by atoms with Crippen molar-refractivity contribution in [1.82, 2.24) is 9.13 Å². The summed E-state index contributed by atoms with van der Waals surface area (Å²) < 4.78 is 2.60. The number of benzene rings is 1. The highest BCUT2D eigenvalue weighted by Gasteiger charge is 2.18. The molecule has 0 aliphatic rings. The van der Waals surface area contributed by atoms with Crippen LogP contribution in [0.25, 0.3) is 0 Å². The number of anilines is 1. The van der Waals surface area contributed by atoms with Crippen molar-refractivity contribution in [1.29, 1.82) is 0 Å². The Hall–Kier alpha value is -2.55. The molecule has 0 saturated heterocycles. The van der Waals surface area contributed by atoms with E-state index in [4.69, 9.17) is 5.73 Å². The zero-order valence-electron chi connectivity index (χ0n) is 14.1. The average molecular weight is 364 g/mol. The van der Waals surface area contributed by atoms with E-state index in [-0.39, 0.29) is 16.4 Å². The van der Waals surface area contributed by atoms with Crippen molar-refractivity contribution in [2.45, 2.75) is 49.6 Å². The van der Waals surface area contributed by atoms with E-state index in [2.05, 4.69) is 0 Å². The molecule has 8 nitrogen and oxygen atoms in total. The largest absolute Gasteiger partial charge is 0.384 e. The smallest absolute Gasteiger partial charge is 0.332 e. The molecule has 0 bridgehead atoms. The third-order valence-corrected chi connectivity index (χ3v) is 4.68. The number of hydrogen-bond donors (Lipinski definition) is 1. The van der Waals surface area contributed by atoms with Gasteiger partial charge in [0, 0.05) is 30.1 Å². The maximum absolute atomic E-state index is 12.7. The minimum Gasteiger partial charge on any atom is -0.384 e. The van der Waals surface area contributed by atoms with Crippen molar-refractivity contribution < 1.29 is 4.92 Å². The Morgan fingerprint density at radius 3 is 2.16 bits per heavy atom. The molecule has 2 rings (SSSR count). The third kappa shape index (κ3) is 3.93. The van der Waals surface area contributed by atoms with E-state index in [9.17, 15) is 19.7 Å². The number of hydrogen-bond acceptors (Lipinski definition) is 6. The first-order valence-electron chi connectivity index (χ1n) is 7.96. The summed E-state index contributed by atoms with van der Waals surface area (Å²) in [5.41, 5.74) is 5.22. The molecular formula is C16H20N4O4S. The molecule has 1 aromatic heterocycles. The van der Waals surface area contributed by atoms with Gasteiger partial charge in [-0.1, -0.05) is 25.6 Å². The molecule has 25 heavy (non-hydrogen) atoms. The van der Waals surface area contributed by atoms with Gasteiger partial charge < -0.3 is 5.73 Å². The van der Waals surface area contributed by atoms with Crippen LogP contribution < -0.4 is 17.0 Å². The van der Waals surface area contributed by atoms with Crippen LogP contribution in [0.4, 0.5) is 11.5 Å². The molecule has 0 radical (unpaired) electrons. The molecule has 2 aromatic rings. The standard InChI is InChI=1S/C16H20N4O4S/c1-3-9-18-14(17)13(15(21)19(10-4-2)16(18)22)25-12-7-5-11(6-8-12)20(23)24/h5-8H,3-4,9-10,17H2,1-2H3. The van der Waals surface area contributed by atoms with Gasteiger partial charge in [0.25, 0.3) is 11.2 Å². The lowest BCUT2D eigenvalue weighted by atomic mass is 10.3. The molecule has 1 heterocycles. The predicted octanol–water partition coefficient (Wildman–Crippen LogP) is 2.47. The van der Waals surface area contributed by atoms with Crippen LogP contribution in [0.15, 0.2) is 43.6 Å². The van der Waals surface area contributed by atoms with Crippen LogP contribution in [0.3, 0.4) is 0 Å². The second-order valence-corrected chi connectivity index (χ2v) is 6.54. The zero-order chi connectivity index (χ0) is 18.6. The van der Waals surface area contributed by atoms with Crippen LogP contribution in [-0.4, -0.2) is 14.1 Å². The molecule has 0 amide bonds. The lowest BCUT2D eigenvalue weighted by Crippen LogP contribution is -2.42. The first kappa shape index (κ1) is 18.8. The first-order valence-corrected chi connectivity index (χ1v) is 8.77. The maximum atomic E-state index is 12.7. The van der Waals surface area contributed by atoms with Crippen LogP contribution in [-0.2, 0) is 13.1 Å². The summed E-state index contributed by atoms with van der Waals surface area (Å²) >= 11 is 1.11. The van der Waals surface area contributed by atoms with E-state index >= 15 is 0 Å². The second-order valence-electron chi connectivity index (χ2n) is 5.46. The van der Waals surface area contributed by atoms with Crippen LogP contribution in [0.1, 0.15) is 26.7 Å². The Labute approximate surface area is 148 Å². The minimum absolute atomic E-state index is 0.0309. The summed E-state index contributed by atoms with van der Waals surface area (Å²) in [7, 11) is 0. The van der Waals surface area contributed by atoms with Crippen LogP contribution >= 0.6 is 11.8 Å². The molecule has 0 unspecified atom stereocenters. The van der Waals surface area contributed by atoms with E-state index in [1.165, 1.54) is 21.3 Å². The van der Waals surface area contributed by atoms with Gasteiger partial charge in [-0.25, -0.2) is 4.79 Å². The number of aromatic nitrogens is 2. The molecule has 0 spiro atoms. The van der Waals surface area contributed by atoms with Crippen molar-refractivity contribution in [3.05, 3.63) is 55.2 Å². The van der Waals surface area contributed by atoms with Gasteiger partial charge in [0.15, 0.2) is 0 Å². The summed E-state index contributed by atoms with van der Waals surface area (Å²) in [5.74, 6) is 0.132. The monoisotopic (exact) mass is 364 g/mol. The Kier molecular flexibility index (Phi) is 6.02. The second kappa shape index (κ2) is 8.02. The Balaban J connectivity index is 2.54. The Morgan fingerprint density at radius 1 is 1.08 bits per heavy atom. The quantitative estimate of drug-likeness (QED) is 0.596. The number of nitro benzene ring substituents is 1. The van der Waals surface area contributed by atoms with Crippen molar-refractivity contribution in [2.24, 2.45) is 0 Å². The lowest BCUT2D eigenvalue weighted by Gasteiger charge is -2.15. The topological polar surface area (TPSA) is 113 Å². The molecule has 134 valence electrons. The highest BCUT2D eigenvalue weighted by Crippen LogP contribution is 2.30. The van der Waals surface area contributed by atoms with Crippen LogP contribution in [0, 0.1) is 10.1 Å². The van der Waals surface area contributed by atoms with Gasteiger partial charge >= 0.3 is 5.69 Å². The normalized spacial score (nSPS) is 10.8. The fourth-order valence-electron chi connectivity index (χ4n) is 2.40. The van der Waals surface area contributed by atoms with E-state index < -0.39 is 16.2 Å². The Morgan fingerprint density at radius 2 is 1.64 bits per heavy atom. The highest BCUT2D eigenvalue weighted by molar-refractivity contribution is 7.99. The maximum Gasteiger partial charge on any atom is 0.332 e. The average Bonchev–Trinajstić information content (AvgIpc) is 2.60. The van der Waals surface area contributed by atoms with E-state index in [1.54, 1.807) is 12.1 Å². The molecule has 0 fully saturated rings. The van der Waals surface area contributed by atoms with Gasteiger partial charge in [-0.15, -0.1) is 0 Å².